The van der Waals surface area contributed by atoms with Crippen LogP contribution in [-0.2, 0) is 11.4 Å². The van der Waals surface area contributed by atoms with Crippen molar-refractivity contribution in [2.75, 3.05) is 5.32 Å². The summed E-state index contributed by atoms with van der Waals surface area (Å²) in [6, 6.07) is 19.4. The predicted octanol–water partition coefficient (Wildman–Crippen LogP) is 5.26. The van der Waals surface area contributed by atoms with E-state index in [-0.39, 0.29) is 23.7 Å². The maximum Gasteiger partial charge on any atom is 0.266 e. The van der Waals surface area contributed by atoms with Crippen molar-refractivity contribution in [1.82, 2.24) is 0 Å². The fraction of sp³-hybridized carbons (Fsp3) is 0.0435. The van der Waals surface area contributed by atoms with Gasteiger partial charge in [-0.1, -0.05) is 24.3 Å². The molecule has 0 aliphatic heterocycles. The van der Waals surface area contributed by atoms with Gasteiger partial charge in [0, 0.05) is 11.3 Å². The van der Waals surface area contributed by atoms with E-state index in [0.717, 1.165) is 3.57 Å². The molecule has 0 radical (unpaired) electrons. The maximum absolute atomic E-state index is 13.7. The summed E-state index contributed by atoms with van der Waals surface area (Å²) in [5.74, 6) is -0.234. The molecule has 3 rings (SSSR count). The largest absolute Gasteiger partial charge is 0.508 e. The average Bonchev–Trinajstić information content (AvgIpc) is 2.74. The van der Waals surface area contributed by atoms with Gasteiger partial charge in [0.2, 0.25) is 0 Å². The van der Waals surface area contributed by atoms with E-state index in [1.54, 1.807) is 36.4 Å². The molecule has 5 nitrogen and oxygen atoms in total. The van der Waals surface area contributed by atoms with Gasteiger partial charge in [0.25, 0.3) is 5.91 Å². The molecule has 30 heavy (non-hydrogen) atoms. The van der Waals surface area contributed by atoms with Crippen molar-refractivity contribution >= 4 is 40.3 Å². The molecule has 3 aromatic rings. The number of ether oxygens (including phenoxy) is 1. The Balaban J connectivity index is 1.71. The monoisotopic (exact) mass is 514 g/mol. The number of aromatic hydroxyl groups is 1. The van der Waals surface area contributed by atoms with Crippen molar-refractivity contribution in [2.24, 2.45) is 0 Å². The van der Waals surface area contributed by atoms with Crippen molar-refractivity contribution in [3.05, 3.63) is 92.8 Å². The number of carbonyl (C=O) groups is 1. The second-order valence-corrected chi connectivity index (χ2v) is 7.40. The topological polar surface area (TPSA) is 82.3 Å². The molecular formula is C23H16FIN2O3. The van der Waals surface area contributed by atoms with Crippen molar-refractivity contribution in [3.63, 3.8) is 0 Å². The smallest absolute Gasteiger partial charge is 0.266 e. The Hall–Kier alpha value is -3.38. The summed E-state index contributed by atoms with van der Waals surface area (Å²) in [5, 5.41) is 21.3. The molecule has 0 aliphatic carbocycles. The lowest BCUT2D eigenvalue weighted by Crippen LogP contribution is -2.13. The third kappa shape index (κ3) is 5.58. The van der Waals surface area contributed by atoms with Gasteiger partial charge in [0.05, 0.1) is 3.57 Å². The molecule has 7 heteroatoms. The summed E-state index contributed by atoms with van der Waals surface area (Å²) < 4.78 is 20.2. The van der Waals surface area contributed by atoms with Crippen LogP contribution in [0.25, 0.3) is 6.08 Å². The van der Waals surface area contributed by atoms with Gasteiger partial charge in [-0.3, -0.25) is 4.79 Å². The Morgan fingerprint density at radius 2 is 1.90 bits per heavy atom. The van der Waals surface area contributed by atoms with Crippen LogP contribution in [0.1, 0.15) is 11.1 Å². The van der Waals surface area contributed by atoms with Crippen molar-refractivity contribution in [2.45, 2.75) is 6.61 Å². The van der Waals surface area contributed by atoms with Crippen LogP contribution in [0.4, 0.5) is 10.1 Å². The van der Waals surface area contributed by atoms with Crippen molar-refractivity contribution < 1.29 is 19.0 Å². The SMILES string of the molecule is N#C/C(=C\c1ccc(OCc2ccccc2F)c(I)c1)C(=O)Nc1ccc(O)cc1. The number of phenolic OH excluding ortho intramolecular Hbond substituents is 1. The summed E-state index contributed by atoms with van der Waals surface area (Å²) in [6.07, 6.45) is 1.47. The van der Waals surface area contributed by atoms with Crippen LogP contribution >= 0.6 is 22.6 Å². The van der Waals surface area contributed by atoms with Crippen LogP contribution in [0.15, 0.2) is 72.3 Å². The molecule has 0 atom stereocenters. The highest BCUT2D eigenvalue weighted by Gasteiger charge is 2.11. The first-order chi connectivity index (χ1) is 14.5. The standard InChI is InChI=1S/C23H16FIN2O3/c24-20-4-2-1-3-16(20)14-30-22-10-5-15(12-21(22)25)11-17(13-26)23(29)27-18-6-8-19(28)9-7-18/h1-12,28H,14H2,(H,27,29)/b17-11+. The zero-order valence-electron chi connectivity index (χ0n) is 15.6. The van der Waals surface area contributed by atoms with Crippen LogP contribution in [0.2, 0.25) is 0 Å². The molecule has 0 unspecified atom stereocenters. The number of hydrogen-bond acceptors (Lipinski definition) is 4. The van der Waals surface area contributed by atoms with E-state index in [1.165, 1.54) is 36.4 Å². The first-order valence-corrected chi connectivity index (χ1v) is 9.92. The Bertz CT molecular complexity index is 1140. The molecule has 3 aromatic carbocycles. The second-order valence-electron chi connectivity index (χ2n) is 6.24. The normalized spacial score (nSPS) is 10.9. The van der Waals surface area contributed by atoms with Gasteiger partial charge in [0.1, 0.15) is 35.6 Å². The number of nitrogens with one attached hydrogen (secondary N) is 1. The molecule has 2 N–H and O–H groups in total. The second kappa shape index (κ2) is 9.89. The van der Waals surface area contributed by atoms with Crippen LogP contribution in [0, 0.1) is 20.7 Å². The van der Waals surface area contributed by atoms with Crippen molar-refractivity contribution in [1.29, 1.82) is 5.26 Å². The lowest BCUT2D eigenvalue weighted by atomic mass is 10.1. The Labute approximate surface area is 186 Å². The molecule has 150 valence electrons. The summed E-state index contributed by atoms with van der Waals surface area (Å²) in [5.41, 5.74) is 1.49. The van der Waals surface area contributed by atoms with Gasteiger partial charge >= 0.3 is 0 Å². The molecule has 0 bridgehead atoms. The van der Waals surface area contributed by atoms with E-state index in [2.05, 4.69) is 27.9 Å². The predicted molar refractivity (Wildman–Crippen MR) is 120 cm³/mol. The van der Waals surface area contributed by atoms with E-state index < -0.39 is 5.91 Å². The molecule has 0 heterocycles. The van der Waals surface area contributed by atoms with Crippen molar-refractivity contribution in [3.8, 4) is 17.6 Å². The van der Waals surface area contributed by atoms with Gasteiger partial charge in [-0.2, -0.15) is 5.26 Å². The Morgan fingerprint density at radius 1 is 1.17 bits per heavy atom. The van der Waals surface area contributed by atoms with Crippen LogP contribution in [-0.4, -0.2) is 11.0 Å². The third-order valence-corrected chi connectivity index (χ3v) is 4.94. The highest BCUT2D eigenvalue weighted by atomic mass is 127. The number of halogens is 2. The lowest BCUT2D eigenvalue weighted by Gasteiger charge is -2.10. The van der Waals surface area contributed by atoms with E-state index in [1.807, 2.05) is 6.07 Å². The van der Waals surface area contributed by atoms with Gasteiger partial charge in [-0.05, 0) is 76.7 Å². The number of hydrogen-bond donors (Lipinski definition) is 2. The number of carbonyl (C=O) groups excluding carboxylic acids is 1. The van der Waals surface area contributed by atoms with Crippen LogP contribution < -0.4 is 10.1 Å². The van der Waals surface area contributed by atoms with E-state index in [9.17, 15) is 19.6 Å². The third-order valence-electron chi connectivity index (χ3n) is 4.10. The Morgan fingerprint density at radius 3 is 2.57 bits per heavy atom. The molecule has 0 aromatic heterocycles. The van der Waals surface area contributed by atoms with Crippen LogP contribution in [0.5, 0.6) is 11.5 Å². The first-order valence-electron chi connectivity index (χ1n) is 8.84. The summed E-state index contributed by atoms with van der Waals surface area (Å²) >= 11 is 2.08. The van der Waals surface area contributed by atoms with Crippen LogP contribution in [0.3, 0.4) is 0 Å². The summed E-state index contributed by atoms with van der Waals surface area (Å²) in [4.78, 5) is 12.3. The zero-order valence-corrected chi connectivity index (χ0v) is 17.8. The van der Waals surface area contributed by atoms with E-state index in [0.29, 0.717) is 22.6 Å². The fourth-order valence-electron chi connectivity index (χ4n) is 2.55. The molecule has 0 aliphatic rings. The quantitative estimate of drug-likeness (QED) is 0.204. The summed E-state index contributed by atoms with van der Waals surface area (Å²) in [6.45, 7) is 0.0936. The molecular weight excluding hydrogens is 498 g/mol. The molecule has 0 spiro atoms. The minimum absolute atomic E-state index is 0.0705. The lowest BCUT2D eigenvalue weighted by molar-refractivity contribution is -0.112. The maximum atomic E-state index is 13.7. The number of benzene rings is 3. The number of nitriles is 1. The number of anilines is 1. The van der Waals surface area contributed by atoms with Gasteiger partial charge in [-0.25, -0.2) is 4.39 Å². The van der Waals surface area contributed by atoms with Gasteiger partial charge in [-0.15, -0.1) is 0 Å². The minimum atomic E-state index is -0.557. The highest BCUT2D eigenvalue weighted by Crippen LogP contribution is 2.25. The fourth-order valence-corrected chi connectivity index (χ4v) is 3.25. The minimum Gasteiger partial charge on any atom is -0.508 e. The first kappa shape index (κ1) is 21.3. The average molecular weight is 514 g/mol. The number of rotatable bonds is 6. The zero-order chi connectivity index (χ0) is 21.5. The number of amides is 1. The van der Waals surface area contributed by atoms with Gasteiger partial charge in [0.15, 0.2) is 0 Å². The highest BCUT2D eigenvalue weighted by molar-refractivity contribution is 14.1. The Kier molecular flexibility index (Phi) is 7.03. The van der Waals surface area contributed by atoms with E-state index >= 15 is 0 Å². The molecule has 0 saturated heterocycles. The number of phenols is 1. The molecule has 1 amide bonds. The van der Waals surface area contributed by atoms with E-state index in [4.69, 9.17) is 4.74 Å². The summed E-state index contributed by atoms with van der Waals surface area (Å²) in [7, 11) is 0. The molecule has 0 saturated carbocycles. The molecule has 0 fully saturated rings. The van der Waals surface area contributed by atoms with Gasteiger partial charge < -0.3 is 15.2 Å². The number of nitrogens with zero attached hydrogens (tertiary/aromatic N) is 1.